The van der Waals surface area contributed by atoms with Crippen LogP contribution in [0.2, 0.25) is 0 Å². The third-order valence-corrected chi connectivity index (χ3v) is 7.64. The van der Waals surface area contributed by atoms with Gasteiger partial charge in [0.2, 0.25) is 0 Å². The molecule has 0 nitrogen and oxygen atoms in total. The van der Waals surface area contributed by atoms with Crippen LogP contribution in [0.4, 0.5) is 0 Å². The number of hydrogen-bond acceptors (Lipinski definition) is 0. The van der Waals surface area contributed by atoms with E-state index in [1.54, 1.807) is 39.5 Å². The van der Waals surface area contributed by atoms with E-state index in [2.05, 4.69) is 82.8 Å². The van der Waals surface area contributed by atoms with Crippen LogP contribution >= 0.6 is 0 Å². The van der Waals surface area contributed by atoms with Crippen molar-refractivity contribution in [2.24, 2.45) is 17.3 Å². The summed E-state index contributed by atoms with van der Waals surface area (Å²) in [6.45, 7) is 14.8. The van der Waals surface area contributed by atoms with Crippen LogP contribution in [-0.2, 0) is 12.8 Å². The highest BCUT2D eigenvalue weighted by molar-refractivity contribution is 5.42. The van der Waals surface area contributed by atoms with Gasteiger partial charge in [-0.3, -0.25) is 0 Å². The van der Waals surface area contributed by atoms with E-state index >= 15 is 0 Å². The minimum atomic E-state index is 0.381. The topological polar surface area (TPSA) is 0 Å². The molecule has 0 atom stereocenters. The van der Waals surface area contributed by atoms with Crippen molar-refractivity contribution in [2.75, 3.05) is 0 Å². The van der Waals surface area contributed by atoms with Crippen LogP contribution in [0.3, 0.4) is 0 Å². The Morgan fingerprint density at radius 3 is 2.15 bits per heavy atom. The average Bonchev–Trinajstić information content (AvgIpc) is 3.16. The second-order valence-electron chi connectivity index (χ2n) is 11.0. The highest BCUT2D eigenvalue weighted by Gasteiger charge is 2.38. The lowest BCUT2D eigenvalue weighted by Gasteiger charge is -2.33. The van der Waals surface area contributed by atoms with E-state index in [-0.39, 0.29) is 0 Å². The van der Waals surface area contributed by atoms with Crippen LogP contribution in [0.15, 0.2) is 83.5 Å². The molecule has 0 saturated heterocycles. The maximum atomic E-state index is 3.36. The summed E-state index contributed by atoms with van der Waals surface area (Å²) in [5.74, 6) is 1.30. The van der Waals surface area contributed by atoms with Crippen molar-refractivity contribution in [2.45, 2.75) is 92.4 Å². The lowest BCUT2D eigenvalue weighted by Crippen LogP contribution is -2.23. The monoisotopic (exact) mass is 442 g/mol. The van der Waals surface area contributed by atoms with Gasteiger partial charge in [0.05, 0.1) is 0 Å². The Labute approximate surface area is 204 Å². The van der Waals surface area contributed by atoms with Crippen molar-refractivity contribution in [3.8, 4) is 0 Å². The zero-order chi connectivity index (χ0) is 23.8. The van der Waals surface area contributed by atoms with Crippen LogP contribution in [0.25, 0.3) is 0 Å². The summed E-state index contributed by atoms with van der Waals surface area (Å²) < 4.78 is 0. The maximum Gasteiger partial charge on any atom is -0.0173 e. The molecule has 3 aliphatic rings. The molecule has 0 spiro atoms. The number of allylic oxidation sites excluding steroid dienone is 9. The Kier molecular flexibility index (Phi) is 9.19. The Balaban J connectivity index is 0.000000968. The molecule has 0 heterocycles. The van der Waals surface area contributed by atoms with Gasteiger partial charge in [-0.15, -0.1) is 6.58 Å². The average molecular weight is 443 g/mol. The lowest BCUT2D eigenvalue weighted by atomic mass is 9.71. The van der Waals surface area contributed by atoms with E-state index in [0.29, 0.717) is 17.3 Å². The van der Waals surface area contributed by atoms with Crippen LogP contribution in [-0.4, -0.2) is 0 Å². The second kappa shape index (κ2) is 11.9. The molecule has 0 heteroatoms. The molecule has 0 fully saturated rings. The van der Waals surface area contributed by atoms with Crippen LogP contribution in [0.5, 0.6) is 0 Å². The van der Waals surface area contributed by atoms with Gasteiger partial charge in [-0.25, -0.2) is 0 Å². The second-order valence-corrected chi connectivity index (χ2v) is 11.0. The molecule has 0 radical (unpaired) electrons. The van der Waals surface area contributed by atoms with E-state index in [1.807, 2.05) is 6.92 Å². The van der Waals surface area contributed by atoms with Crippen molar-refractivity contribution in [3.63, 3.8) is 0 Å². The molecule has 3 aliphatic carbocycles. The molecule has 33 heavy (non-hydrogen) atoms. The predicted molar refractivity (Wildman–Crippen MR) is 146 cm³/mol. The molecular formula is C33H46. The van der Waals surface area contributed by atoms with Gasteiger partial charge in [-0.2, -0.15) is 0 Å². The molecule has 178 valence electrons. The van der Waals surface area contributed by atoms with Gasteiger partial charge in [0.1, 0.15) is 0 Å². The molecule has 0 N–H and O–H groups in total. The van der Waals surface area contributed by atoms with Gasteiger partial charge in [-0.1, -0.05) is 93.5 Å². The first-order chi connectivity index (χ1) is 15.9. The van der Waals surface area contributed by atoms with Gasteiger partial charge < -0.3 is 0 Å². The molecular weight excluding hydrogens is 396 g/mol. The summed E-state index contributed by atoms with van der Waals surface area (Å²) >= 11 is 0. The zero-order valence-electron chi connectivity index (χ0n) is 21.9. The van der Waals surface area contributed by atoms with Crippen LogP contribution < -0.4 is 0 Å². The van der Waals surface area contributed by atoms with E-state index < -0.39 is 0 Å². The summed E-state index contributed by atoms with van der Waals surface area (Å²) in [5.41, 5.74) is 10.3. The van der Waals surface area contributed by atoms with E-state index in [0.717, 1.165) is 0 Å². The number of benzene rings is 1. The lowest BCUT2D eigenvalue weighted by molar-refractivity contribution is 0.276. The Morgan fingerprint density at radius 2 is 1.61 bits per heavy atom. The Hall–Kier alpha value is -2.08. The first-order valence-electron chi connectivity index (χ1n) is 13.3. The Bertz CT molecular complexity index is 904. The summed E-state index contributed by atoms with van der Waals surface area (Å²) in [7, 11) is 0. The summed E-state index contributed by atoms with van der Waals surface area (Å²) in [6, 6.07) is 9.21. The fraction of sp³-hybridized carbons (Fsp3) is 0.515. The van der Waals surface area contributed by atoms with E-state index in [4.69, 9.17) is 0 Å². The van der Waals surface area contributed by atoms with Crippen molar-refractivity contribution >= 4 is 0 Å². The molecule has 0 aliphatic heterocycles. The van der Waals surface area contributed by atoms with Crippen LogP contribution in [0, 0.1) is 17.3 Å². The van der Waals surface area contributed by atoms with Crippen molar-refractivity contribution in [3.05, 3.63) is 94.6 Å². The Morgan fingerprint density at radius 1 is 0.939 bits per heavy atom. The minimum Gasteiger partial charge on any atom is -0.103 e. The van der Waals surface area contributed by atoms with Crippen molar-refractivity contribution < 1.29 is 0 Å². The number of fused-ring (bicyclic) bond motifs is 1. The van der Waals surface area contributed by atoms with Gasteiger partial charge >= 0.3 is 0 Å². The largest absolute Gasteiger partial charge is 0.103 e. The molecule has 1 aromatic carbocycles. The summed E-state index contributed by atoms with van der Waals surface area (Å²) in [6.07, 6.45) is 22.8. The van der Waals surface area contributed by atoms with Gasteiger partial charge in [0.15, 0.2) is 0 Å². The summed E-state index contributed by atoms with van der Waals surface area (Å²) in [5, 5.41) is 0. The highest BCUT2D eigenvalue weighted by atomic mass is 14.4. The standard InChI is InChI=1S/C30H40.C3H6/c1-22(2)27-15-10-16-28(23(3)4)29(27)17-18-30(19-24-11-6-5-7-12-24)20-25-13-8-9-14-26(25)21-30;1-3-2/h6,8-9,11-15,22-23H,5,7,10,16-21H2,1-4H3;3H,1H2,2H3. The normalized spacial score (nSPS) is 19.1. The molecule has 0 unspecified atom stereocenters. The third-order valence-electron chi connectivity index (χ3n) is 7.64. The molecule has 0 saturated carbocycles. The quantitative estimate of drug-likeness (QED) is 0.369. The van der Waals surface area contributed by atoms with Crippen molar-refractivity contribution in [1.82, 2.24) is 0 Å². The minimum absolute atomic E-state index is 0.381. The molecule has 0 bridgehead atoms. The zero-order valence-corrected chi connectivity index (χ0v) is 21.9. The summed E-state index contributed by atoms with van der Waals surface area (Å²) in [4.78, 5) is 0. The first-order valence-corrected chi connectivity index (χ1v) is 13.3. The molecule has 4 rings (SSSR count). The van der Waals surface area contributed by atoms with Crippen molar-refractivity contribution in [1.29, 1.82) is 0 Å². The fourth-order valence-electron chi connectivity index (χ4n) is 6.15. The fourth-order valence-corrected chi connectivity index (χ4v) is 6.15. The van der Waals surface area contributed by atoms with Gasteiger partial charge in [0, 0.05) is 0 Å². The van der Waals surface area contributed by atoms with E-state index in [9.17, 15) is 0 Å². The van der Waals surface area contributed by atoms with Crippen LogP contribution in [0.1, 0.15) is 90.7 Å². The van der Waals surface area contributed by atoms with Gasteiger partial charge in [-0.05, 0) is 104 Å². The SMILES string of the molecule is C=CC.CC(C)C1=CCCC(C(C)C)=C1CCC1(CC2=CCCC=C2)Cc2ccccc2C1. The first kappa shape index (κ1) is 25.5. The highest BCUT2D eigenvalue weighted by Crippen LogP contribution is 2.48. The smallest absolute Gasteiger partial charge is 0.0173 e. The number of rotatable bonds is 7. The molecule has 0 amide bonds. The number of hydrogen-bond donors (Lipinski definition) is 0. The maximum absolute atomic E-state index is 3.36. The molecule has 1 aromatic rings. The van der Waals surface area contributed by atoms with Gasteiger partial charge in [0.25, 0.3) is 0 Å². The van der Waals surface area contributed by atoms with E-state index in [1.165, 1.54) is 57.8 Å². The molecule has 0 aromatic heterocycles. The predicted octanol–water partition coefficient (Wildman–Crippen LogP) is 9.74. The third kappa shape index (κ3) is 6.50.